The molecule has 0 radical (unpaired) electrons. The summed E-state index contributed by atoms with van der Waals surface area (Å²) in [5, 5.41) is 7.04. The number of carbonyl (C=O) groups is 1. The van der Waals surface area contributed by atoms with Gasteiger partial charge in [-0.2, -0.15) is 0 Å². The van der Waals surface area contributed by atoms with Gasteiger partial charge >= 0.3 is 0 Å². The quantitative estimate of drug-likeness (QED) is 0.836. The predicted molar refractivity (Wildman–Crippen MR) is 83.9 cm³/mol. The van der Waals surface area contributed by atoms with Crippen molar-refractivity contribution in [3.05, 3.63) is 0 Å². The Kier molecular flexibility index (Phi) is 3.33. The van der Waals surface area contributed by atoms with Crippen LogP contribution < -0.4 is 10.6 Å². The Morgan fingerprint density at radius 3 is 2.24 bits per heavy atom. The van der Waals surface area contributed by atoms with Gasteiger partial charge in [-0.1, -0.05) is 13.3 Å². The van der Waals surface area contributed by atoms with Crippen LogP contribution in [0.4, 0.5) is 0 Å². The van der Waals surface area contributed by atoms with Crippen molar-refractivity contribution in [3.8, 4) is 0 Å². The lowest BCUT2D eigenvalue weighted by atomic mass is 9.53. The van der Waals surface area contributed by atoms with Gasteiger partial charge in [0.05, 0.1) is 5.41 Å². The van der Waals surface area contributed by atoms with Crippen molar-refractivity contribution in [1.82, 2.24) is 10.6 Å². The molecule has 1 aliphatic heterocycles. The zero-order chi connectivity index (χ0) is 14.5. The average molecular weight is 290 g/mol. The van der Waals surface area contributed by atoms with Crippen molar-refractivity contribution in [1.29, 1.82) is 0 Å². The molecule has 0 aromatic heterocycles. The van der Waals surface area contributed by atoms with Crippen molar-refractivity contribution in [2.75, 3.05) is 13.1 Å². The van der Waals surface area contributed by atoms with Crippen molar-refractivity contribution < 1.29 is 4.79 Å². The SMILES string of the molecule is CCCC1(C(=O)NC23CC4CC(CC(C4)C2)C3)CCNC1. The summed E-state index contributed by atoms with van der Waals surface area (Å²) in [5.41, 5.74) is 0.0627. The number of hydrogen-bond acceptors (Lipinski definition) is 2. The van der Waals surface area contributed by atoms with Crippen molar-refractivity contribution >= 4 is 5.91 Å². The van der Waals surface area contributed by atoms with Crippen LogP contribution >= 0.6 is 0 Å². The Morgan fingerprint density at radius 1 is 1.14 bits per heavy atom. The van der Waals surface area contributed by atoms with E-state index in [0.717, 1.165) is 50.1 Å². The molecule has 0 aromatic rings. The molecule has 4 bridgehead atoms. The van der Waals surface area contributed by atoms with Crippen LogP contribution in [-0.4, -0.2) is 24.5 Å². The van der Waals surface area contributed by atoms with Gasteiger partial charge in [0, 0.05) is 12.1 Å². The van der Waals surface area contributed by atoms with Gasteiger partial charge in [0.15, 0.2) is 0 Å². The van der Waals surface area contributed by atoms with Gasteiger partial charge in [-0.05, 0) is 75.7 Å². The number of nitrogens with one attached hydrogen (secondary N) is 2. The minimum Gasteiger partial charge on any atom is -0.350 e. The summed E-state index contributed by atoms with van der Waals surface area (Å²) in [7, 11) is 0. The molecule has 1 amide bonds. The van der Waals surface area contributed by atoms with E-state index in [-0.39, 0.29) is 11.0 Å². The third kappa shape index (κ3) is 2.32. The first-order valence-electron chi connectivity index (χ1n) is 9.16. The maximum Gasteiger partial charge on any atom is 0.227 e. The summed E-state index contributed by atoms with van der Waals surface area (Å²) in [4.78, 5) is 13.1. The Bertz CT molecular complexity index is 390. The number of amides is 1. The minimum atomic E-state index is -0.113. The molecule has 5 rings (SSSR count). The van der Waals surface area contributed by atoms with E-state index >= 15 is 0 Å². The molecule has 0 aromatic carbocycles. The van der Waals surface area contributed by atoms with Crippen LogP contribution in [0.1, 0.15) is 64.7 Å². The molecule has 5 fully saturated rings. The molecule has 1 unspecified atom stereocenters. The zero-order valence-electron chi connectivity index (χ0n) is 13.4. The molecule has 1 saturated heterocycles. The number of rotatable bonds is 4. The van der Waals surface area contributed by atoms with E-state index in [4.69, 9.17) is 0 Å². The summed E-state index contributed by atoms with van der Waals surface area (Å²) in [6.07, 6.45) is 11.3. The molecular formula is C18H30N2O. The van der Waals surface area contributed by atoms with Gasteiger partial charge in [0.1, 0.15) is 0 Å². The van der Waals surface area contributed by atoms with Gasteiger partial charge in [-0.15, -0.1) is 0 Å². The molecule has 4 aliphatic carbocycles. The maximum absolute atomic E-state index is 13.1. The van der Waals surface area contributed by atoms with Gasteiger partial charge in [0.2, 0.25) is 5.91 Å². The maximum atomic E-state index is 13.1. The van der Waals surface area contributed by atoms with E-state index in [1.807, 2.05) is 0 Å². The van der Waals surface area contributed by atoms with Crippen molar-refractivity contribution in [2.45, 2.75) is 70.3 Å². The molecule has 4 saturated carbocycles. The number of carbonyl (C=O) groups excluding carboxylic acids is 1. The van der Waals surface area contributed by atoms with Gasteiger partial charge in [-0.25, -0.2) is 0 Å². The Balaban J connectivity index is 1.51. The summed E-state index contributed by atoms with van der Waals surface area (Å²) in [5.74, 6) is 3.08. The van der Waals surface area contributed by atoms with Crippen LogP contribution in [0.15, 0.2) is 0 Å². The molecular weight excluding hydrogens is 260 g/mol. The summed E-state index contributed by atoms with van der Waals surface area (Å²) < 4.78 is 0. The fourth-order valence-corrected chi connectivity index (χ4v) is 6.38. The molecule has 3 heteroatoms. The monoisotopic (exact) mass is 290 g/mol. The summed E-state index contributed by atoms with van der Waals surface area (Å²) in [6.45, 7) is 4.10. The van der Waals surface area contributed by atoms with E-state index in [2.05, 4.69) is 17.6 Å². The molecule has 21 heavy (non-hydrogen) atoms. The van der Waals surface area contributed by atoms with Crippen LogP contribution in [0.5, 0.6) is 0 Å². The third-order valence-corrected chi connectivity index (χ3v) is 6.87. The molecule has 3 nitrogen and oxygen atoms in total. The molecule has 118 valence electrons. The molecule has 5 aliphatic rings. The fourth-order valence-electron chi connectivity index (χ4n) is 6.38. The van der Waals surface area contributed by atoms with Gasteiger partial charge < -0.3 is 10.6 Å². The van der Waals surface area contributed by atoms with Gasteiger partial charge in [-0.3, -0.25) is 4.79 Å². The normalized spacial score (nSPS) is 47.8. The highest BCUT2D eigenvalue weighted by molar-refractivity contribution is 5.84. The first-order chi connectivity index (χ1) is 10.1. The topological polar surface area (TPSA) is 41.1 Å². The van der Waals surface area contributed by atoms with Crippen LogP contribution in [0.3, 0.4) is 0 Å². The zero-order valence-corrected chi connectivity index (χ0v) is 13.4. The minimum absolute atomic E-state index is 0.113. The molecule has 1 heterocycles. The van der Waals surface area contributed by atoms with Crippen LogP contribution in [0.25, 0.3) is 0 Å². The largest absolute Gasteiger partial charge is 0.350 e. The summed E-state index contributed by atoms with van der Waals surface area (Å²) in [6, 6.07) is 0. The van der Waals surface area contributed by atoms with E-state index in [1.54, 1.807) is 0 Å². The van der Waals surface area contributed by atoms with E-state index < -0.39 is 0 Å². The molecule has 1 atom stereocenters. The van der Waals surface area contributed by atoms with Crippen LogP contribution in [0.2, 0.25) is 0 Å². The highest BCUT2D eigenvalue weighted by Gasteiger charge is 2.53. The summed E-state index contributed by atoms with van der Waals surface area (Å²) >= 11 is 0. The lowest BCUT2D eigenvalue weighted by molar-refractivity contribution is -0.136. The molecule has 0 spiro atoms. The van der Waals surface area contributed by atoms with Crippen LogP contribution in [0, 0.1) is 23.2 Å². The Morgan fingerprint density at radius 2 is 1.76 bits per heavy atom. The first-order valence-corrected chi connectivity index (χ1v) is 9.16. The van der Waals surface area contributed by atoms with Crippen molar-refractivity contribution in [2.24, 2.45) is 23.2 Å². The smallest absolute Gasteiger partial charge is 0.227 e. The second-order valence-electron chi connectivity index (χ2n) is 8.61. The van der Waals surface area contributed by atoms with Crippen LogP contribution in [-0.2, 0) is 4.79 Å². The average Bonchev–Trinajstić information content (AvgIpc) is 2.87. The van der Waals surface area contributed by atoms with Crippen molar-refractivity contribution in [3.63, 3.8) is 0 Å². The Hall–Kier alpha value is -0.570. The lowest BCUT2D eigenvalue weighted by Crippen LogP contribution is -2.62. The lowest BCUT2D eigenvalue weighted by Gasteiger charge is -2.57. The highest BCUT2D eigenvalue weighted by Crippen LogP contribution is 2.55. The third-order valence-electron chi connectivity index (χ3n) is 6.87. The van der Waals surface area contributed by atoms with E-state index in [9.17, 15) is 4.79 Å². The van der Waals surface area contributed by atoms with E-state index in [1.165, 1.54) is 38.5 Å². The highest BCUT2D eigenvalue weighted by atomic mass is 16.2. The fraction of sp³-hybridized carbons (Fsp3) is 0.944. The first kappa shape index (κ1) is 14.0. The Labute approximate surface area is 128 Å². The second kappa shape index (κ2) is 4.97. The van der Waals surface area contributed by atoms with Gasteiger partial charge in [0.25, 0.3) is 0 Å². The van der Waals surface area contributed by atoms with E-state index in [0.29, 0.717) is 5.91 Å². The number of hydrogen-bond donors (Lipinski definition) is 2. The second-order valence-corrected chi connectivity index (χ2v) is 8.61. The molecule has 2 N–H and O–H groups in total. The predicted octanol–water partition coefficient (Wildman–Crippen LogP) is 2.85. The standard InChI is InChI=1S/C18H30N2O/c1-2-3-17(4-5-19-12-17)16(21)20-18-9-13-6-14(10-18)8-15(7-13)11-18/h13-15,19H,2-12H2,1H3,(H,20,21).